The third-order valence-corrected chi connectivity index (χ3v) is 2.35. The van der Waals surface area contributed by atoms with Crippen LogP contribution >= 0.6 is 0 Å². The van der Waals surface area contributed by atoms with Crippen LogP contribution in [0, 0.1) is 5.92 Å². The molecule has 1 aliphatic rings. The van der Waals surface area contributed by atoms with Crippen LogP contribution in [-0.4, -0.2) is 19.1 Å². The van der Waals surface area contributed by atoms with Crippen LogP contribution in [0.1, 0.15) is 40.5 Å². The predicted molar refractivity (Wildman–Crippen MR) is 58.5 cm³/mol. The Kier molecular flexibility index (Phi) is 8.79. The highest BCUT2D eigenvalue weighted by molar-refractivity contribution is 5.77. The van der Waals surface area contributed by atoms with Crippen molar-refractivity contribution in [2.75, 3.05) is 7.11 Å². The Hall–Kier alpha value is -0.610. The van der Waals surface area contributed by atoms with Crippen LogP contribution in [0.5, 0.6) is 0 Å². The molecule has 1 fully saturated rings. The fourth-order valence-electron chi connectivity index (χ4n) is 1.57. The number of rotatable bonds is 2. The Labute approximate surface area is 87.1 Å². The van der Waals surface area contributed by atoms with Crippen LogP contribution in [0.25, 0.3) is 0 Å². The first-order valence-corrected chi connectivity index (χ1v) is 4.32. The summed E-state index contributed by atoms with van der Waals surface area (Å²) in [4.78, 5) is 15.8. The number of carbonyl (C=O) groups excluding carboxylic acids is 1. The quantitative estimate of drug-likeness (QED) is 0.669. The molecule has 1 saturated carbocycles. The second-order valence-electron chi connectivity index (χ2n) is 3.28. The number of hydrogen-bond donors (Lipinski definition) is 2. The zero-order valence-electron chi connectivity index (χ0n) is 7.38. The molecule has 4 nitrogen and oxygen atoms in total. The van der Waals surface area contributed by atoms with Gasteiger partial charge >= 0.3 is 0 Å². The van der Waals surface area contributed by atoms with E-state index in [1.807, 2.05) is 0 Å². The summed E-state index contributed by atoms with van der Waals surface area (Å²) in [6.07, 6.45) is 3.66. The Balaban J connectivity index is 0. The molecule has 3 N–H and O–H groups in total. The van der Waals surface area contributed by atoms with E-state index in [4.69, 9.17) is 5.73 Å². The van der Waals surface area contributed by atoms with Gasteiger partial charge in [-0.15, -0.1) is 0 Å². The lowest BCUT2D eigenvalue weighted by molar-refractivity contribution is -0.136. The summed E-state index contributed by atoms with van der Waals surface area (Å²) in [5.74, 6) is 0.0918. The number of nitrogens with one attached hydrogen (secondary N) is 1. The number of nitrogens with two attached hydrogens (primary N) is 1. The highest BCUT2D eigenvalue weighted by Gasteiger charge is 2.24. The van der Waals surface area contributed by atoms with Gasteiger partial charge < -0.3 is 5.73 Å². The van der Waals surface area contributed by atoms with E-state index in [0.717, 1.165) is 25.7 Å². The minimum atomic E-state index is -0.00981. The van der Waals surface area contributed by atoms with Crippen molar-refractivity contribution in [3.05, 3.63) is 0 Å². The lowest BCUT2D eigenvalue weighted by atomic mass is 9.86. The van der Waals surface area contributed by atoms with Crippen LogP contribution in [-0.2, 0) is 9.63 Å². The lowest BCUT2D eigenvalue weighted by Crippen LogP contribution is -2.35. The summed E-state index contributed by atoms with van der Waals surface area (Å²) in [6.45, 7) is 0. The second-order valence-corrected chi connectivity index (χ2v) is 3.28. The van der Waals surface area contributed by atoms with Crippen molar-refractivity contribution in [2.24, 2.45) is 11.7 Å². The molecule has 0 aliphatic heterocycles. The lowest BCUT2D eigenvalue weighted by Gasteiger charge is -2.24. The summed E-state index contributed by atoms with van der Waals surface area (Å²) in [5, 5.41) is 0. The molecular weight excluding hydrogens is 180 g/mol. The van der Waals surface area contributed by atoms with Gasteiger partial charge in [-0.05, 0) is 25.7 Å². The second kappa shape index (κ2) is 7.76. The molecule has 14 heavy (non-hydrogen) atoms. The Bertz CT molecular complexity index is 154. The van der Waals surface area contributed by atoms with Gasteiger partial charge in [0.25, 0.3) is 0 Å². The molecule has 1 amide bonds. The van der Waals surface area contributed by atoms with Crippen molar-refractivity contribution in [2.45, 2.75) is 46.6 Å². The normalized spacial score (nSPS) is 25.6. The van der Waals surface area contributed by atoms with E-state index in [0.29, 0.717) is 0 Å². The maximum Gasteiger partial charge on any atom is 0.246 e. The molecule has 0 spiro atoms. The summed E-state index contributed by atoms with van der Waals surface area (Å²) in [6, 6.07) is 0.289. The highest BCUT2D eigenvalue weighted by atomic mass is 16.6. The maximum atomic E-state index is 11.2. The fraction of sp³-hybridized carbons (Fsp3) is 0.900. The molecule has 4 heteroatoms. The first-order chi connectivity index (χ1) is 5.74. The van der Waals surface area contributed by atoms with Crippen molar-refractivity contribution in [1.82, 2.24) is 5.48 Å². The summed E-state index contributed by atoms with van der Waals surface area (Å²) in [7, 11) is 1.45. The third kappa shape index (κ3) is 4.58. The van der Waals surface area contributed by atoms with E-state index in [2.05, 4.69) is 10.3 Å². The molecule has 0 atom stereocenters. The van der Waals surface area contributed by atoms with Gasteiger partial charge in [0.1, 0.15) is 0 Å². The number of hydroxylamine groups is 1. The minimum absolute atomic E-state index is 0. The van der Waals surface area contributed by atoms with E-state index >= 15 is 0 Å². The monoisotopic (exact) mass is 204 g/mol. The van der Waals surface area contributed by atoms with Crippen molar-refractivity contribution < 1.29 is 9.63 Å². The van der Waals surface area contributed by atoms with Gasteiger partial charge in [0.15, 0.2) is 0 Å². The SMILES string of the molecule is C.C.CONC(=O)C1CCC(N)CC1. The molecule has 0 aromatic heterocycles. The van der Waals surface area contributed by atoms with Crippen molar-refractivity contribution in [3.63, 3.8) is 0 Å². The first-order valence-electron chi connectivity index (χ1n) is 4.32. The van der Waals surface area contributed by atoms with Crippen LogP contribution in [0.4, 0.5) is 0 Å². The minimum Gasteiger partial charge on any atom is -0.328 e. The predicted octanol–water partition coefficient (Wildman–Crippen LogP) is 1.45. The fourth-order valence-corrected chi connectivity index (χ4v) is 1.57. The van der Waals surface area contributed by atoms with Crippen LogP contribution < -0.4 is 11.2 Å². The number of amides is 1. The molecule has 0 heterocycles. The van der Waals surface area contributed by atoms with Gasteiger partial charge in [-0.2, -0.15) is 0 Å². The van der Waals surface area contributed by atoms with Crippen LogP contribution in [0.2, 0.25) is 0 Å². The zero-order valence-corrected chi connectivity index (χ0v) is 7.38. The van der Waals surface area contributed by atoms with Crippen LogP contribution in [0.15, 0.2) is 0 Å². The van der Waals surface area contributed by atoms with Gasteiger partial charge in [0.2, 0.25) is 5.91 Å². The van der Waals surface area contributed by atoms with Crippen molar-refractivity contribution in [1.29, 1.82) is 0 Å². The summed E-state index contributed by atoms with van der Waals surface area (Å²) in [5.41, 5.74) is 8.06. The third-order valence-electron chi connectivity index (χ3n) is 2.35. The Morgan fingerprint density at radius 1 is 1.29 bits per heavy atom. The van der Waals surface area contributed by atoms with Gasteiger partial charge in [-0.1, -0.05) is 14.9 Å². The molecule has 0 saturated heterocycles. The van der Waals surface area contributed by atoms with E-state index in [1.54, 1.807) is 0 Å². The standard InChI is InChI=1S/C8H16N2O2.2CH4/c1-12-10-8(11)6-2-4-7(9)5-3-6;;/h6-7H,2-5,9H2,1H3,(H,10,11);2*1H4. The van der Waals surface area contributed by atoms with Crippen LogP contribution in [0.3, 0.4) is 0 Å². The molecular formula is C10H24N2O2. The Morgan fingerprint density at radius 2 is 1.79 bits per heavy atom. The molecule has 1 aliphatic carbocycles. The van der Waals surface area contributed by atoms with Gasteiger partial charge in [-0.25, -0.2) is 5.48 Å². The molecule has 1 rings (SSSR count). The zero-order chi connectivity index (χ0) is 8.97. The topological polar surface area (TPSA) is 64.3 Å². The summed E-state index contributed by atoms with van der Waals surface area (Å²) >= 11 is 0. The average molecular weight is 204 g/mol. The summed E-state index contributed by atoms with van der Waals surface area (Å²) < 4.78 is 0. The molecule has 0 bridgehead atoms. The van der Waals surface area contributed by atoms with Gasteiger partial charge in [0.05, 0.1) is 7.11 Å². The molecule has 0 aromatic rings. The van der Waals surface area contributed by atoms with Crippen molar-refractivity contribution in [3.8, 4) is 0 Å². The average Bonchev–Trinajstić information content (AvgIpc) is 2.06. The van der Waals surface area contributed by atoms with Gasteiger partial charge in [-0.3, -0.25) is 9.63 Å². The largest absolute Gasteiger partial charge is 0.328 e. The molecule has 0 radical (unpaired) electrons. The molecule has 0 aromatic carbocycles. The van der Waals surface area contributed by atoms with E-state index < -0.39 is 0 Å². The van der Waals surface area contributed by atoms with Crippen molar-refractivity contribution >= 4 is 5.91 Å². The Morgan fingerprint density at radius 3 is 2.21 bits per heavy atom. The number of hydrogen-bond acceptors (Lipinski definition) is 3. The maximum absolute atomic E-state index is 11.2. The van der Waals surface area contributed by atoms with E-state index in [1.165, 1.54) is 7.11 Å². The molecule has 86 valence electrons. The molecule has 0 unspecified atom stereocenters. The van der Waals surface area contributed by atoms with E-state index in [-0.39, 0.29) is 32.7 Å². The smallest absolute Gasteiger partial charge is 0.246 e. The highest BCUT2D eigenvalue weighted by Crippen LogP contribution is 2.22. The first kappa shape index (κ1) is 15.8. The van der Waals surface area contributed by atoms with Gasteiger partial charge in [0, 0.05) is 12.0 Å². The van der Waals surface area contributed by atoms with E-state index in [9.17, 15) is 4.79 Å². The number of carbonyl (C=O) groups is 1.